The molecular weight excluding hydrogens is 188 g/mol. The van der Waals surface area contributed by atoms with Crippen LogP contribution in [0.1, 0.15) is 26.2 Å². The molecule has 13 heavy (non-hydrogen) atoms. The van der Waals surface area contributed by atoms with Gasteiger partial charge in [-0.15, -0.1) is 12.3 Å². The van der Waals surface area contributed by atoms with Crippen LogP contribution in [0.3, 0.4) is 0 Å². The molecule has 0 aliphatic heterocycles. The zero-order valence-electron chi connectivity index (χ0n) is 8.03. The molecule has 0 fully saturated rings. The monoisotopic (exact) mass is 204 g/mol. The van der Waals surface area contributed by atoms with Gasteiger partial charge in [-0.2, -0.15) is 0 Å². The minimum Gasteiger partial charge on any atom is -0.392 e. The summed E-state index contributed by atoms with van der Waals surface area (Å²) in [6.45, 7) is 1.51. The molecule has 0 radical (unpaired) electrons. The molecule has 0 saturated carbocycles. The van der Waals surface area contributed by atoms with E-state index in [2.05, 4.69) is 5.92 Å². The normalized spacial score (nSPS) is 16.2. The summed E-state index contributed by atoms with van der Waals surface area (Å²) in [4.78, 5) is 0. The molecule has 0 saturated heterocycles. The van der Waals surface area contributed by atoms with Gasteiger partial charge in [0.15, 0.2) is 9.84 Å². The summed E-state index contributed by atoms with van der Waals surface area (Å²) in [6, 6.07) is 0. The first-order valence-corrected chi connectivity index (χ1v) is 6.15. The molecule has 0 heterocycles. The van der Waals surface area contributed by atoms with Crippen LogP contribution in [0, 0.1) is 12.3 Å². The number of terminal acetylenes is 1. The van der Waals surface area contributed by atoms with Gasteiger partial charge in [0.1, 0.15) is 0 Å². The SMILES string of the molecule is C#CCCCC(O)C(C)S(C)(=O)=O. The second-order valence-corrected chi connectivity index (χ2v) is 5.60. The van der Waals surface area contributed by atoms with Crippen LogP contribution >= 0.6 is 0 Å². The first-order valence-electron chi connectivity index (χ1n) is 4.20. The average Bonchev–Trinajstić information content (AvgIpc) is 2.01. The van der Waals surface area contributed by atoms with Gasteiger partial charge >= 0.3 is 0 Å². The largest absolute Gasteiger partial charge is 0.392 e. The fourth-order valence-electron chi connectivity index (χ4n) is 0.933. The van der Waals surface area contributed by atoms with Crippen molar-refractivity contribution in [1.29, 1.82) is 0 Å². The molecule has 0 aliphatic carbocycles. The Hall–Kier alpha value is -0.530. The van der Waals surface area contributed by atoms with E-state index < -0.39 is 21.2 Å². The van der Waals surface area contributed by atoms with Crippen molar-refractivity contribution in [3.8, 4) is 12.3 Å². The highest BCUT2D eigenvalue weighted by Gasteiger charge is 2.23. The standard InChI is InChI=1S/C9H16O3S/c1-4-5-6-7-9(10)8(2)13(3,11)12/h1,8-10H,5-7H2,2-3H3. The maximum Gasteiger partial charge on any atom is 0.152 e. The Bertz CT molecular complexity index is 274. The van der Waals surface area contributed by atoms with E-state index >= 15 is 0 Å². The number of rotatable bonds is 5. The molecule has 1 N–H and O–H groups in total. The number of aliphatic hydroxyl groups excluding tert-OH is 1. The van der Waals surface area contributed by atoms with Gasteiger partial charge < -0.3 is 5.11 Å². The van der Waals surface area contributed by atoms with E-state index in [0.717, 1.165) is 6.26 Å². The summed E-state index contributed by atoms with van der Waals surface area (Å²) in [6.07, 6.45) is 7.04. The maximum atomic E-state index is 11.0. The molecule has 0 aromatic carbocycles. The Balaban J connectivity index is 3.99. The summed E-state index contributed by atoms with van der Waals surface area (Å²) in [5.41, 5.74) is 0. The molecular formula is C9H16O3S. The molecule has 4 heteroatoms. The minimum atomic E-state index is -3.14. The van der Waals surface area contributed by atoms with Gasteiger partial charge in [0.05, 0.1) is 11.4 Å². The Morgan fingerprint density at radius 1 is 1.54 bits per heavy atom. The Morgan fingerprint density at radius 2 is 2.08 bits per heavy atom. The quantitative estimate of drug-likeness (QED) is 0.526. The van der Waals surface area contributed by atoms with Crippen LogP contribution in [0.2, 0.25) is 0 Å². The Labute approximate surface area is 80.1 Å². The van der Waals surface area contributed by atoms with Crippen LogP contribution < -0.4 is 0 Å². The van der Waals surface area contributed by atoms with E-state index in [9.17, 15) is 13.5 Å². The zero-order valence-corrected chi connectivity index (χ0v) is 8.84. The van der Waals surface area contributed by atoms with Crippen LogP contribution in [0.4, 0.5) is 0 Å². The summed E-state index contributed by atoms with van der Waals surface area (Å²) < 4.78 is 22.0. The molecule has 3 nitrogen and oxygen atoms in total. The lowest BCUT2D eigenvalue weighted by Crippen LogP contribution is -2.30. The molecule has 2 unspecified atom stereocenters. The average molecular weight is 204 g/mol. The third-order valence-electron chi connectivity index (χ3n) is 2.04. The van der Waals surface area contributed by atoms with Gasteiger partial charge in [-0.25, -0.2) is 8.42 Å². The summed E-state index contributed by atoms with van der Waals surface area (Å²) in [5, 5.41) is 8.73. The molecule has 0 amide bonds. The van der Waals surface area contributed by atoms with E-state index in [1.165, 1.54) is 6.92 Å². The Morgan fingerprint density at radius 3 is 2.46 bits per heavy atom. The number of sulfone groups is 1. The van der Waals surface area contributed by atoms with Crippen molar-refractivity contribution in [3.05, 3.63) is 0 Å². The predicted molar refractivity (Wildman–Crippen MR) is 53.0 cm³/mol. The van der Waals surface area contributed by atoms with Crippen molar-refractivity contribution in [2.24, 2.45) is 0 Å². The molecule has 0 rings (SSSR count). The summed E-state index contributed by atoms with van der Waals surface area (Å²) >= 11 is 0. The van der Waals surface area contributed by atoms with Crippen LogP contribution in [0.25, 0.3) is 0 Å². The van der Waals surface area contributed by atoms with Crippen LogP contribution in [-0.2, 0) is 9.84 Å². The molecule has 2 atom stereocenters. The van der Waals surface area contributed by atoms with Crippen LogP contribution in [0.15, 0.2) is 0 Å². The number of hydrogen-bond acceptors (Lipinski definition) is 3. The fourth-order valence-corrected chi connectivity index (χ4v) is 1.64. The second kappa shape index (κ2) is 5.25. The number of unbranched alkanes of at least 4 members (excludes halogenated alkanes) is 1. The highest BCUT2D eigenvalue weighted by atomic mass is 32.2. The molecule has 0 bridgehead atoms. The minimum absolute atomic E-state index is 0.443. The van der Waals surface area contributed by atoms with E-state index in [0.29, 0.717) is 19.3 Å². The topological polar surface area (TPSA) is 54.4 Å². The molecule has 0 aromatic rings. The van der Waals surface area contributed by atoms with Gasteiger partial charge in [-0.05, 0) is 19.8 Å². The summed E-state index contributed by atoms with van der Waals surface area (Å²) in [5.74, 6) is 2.44. The van der Waals surface area contributed by atoms with Crippen molar-refractivity contribution in [1.82, 2.24) is 0 Å². The van der Waals surface area contributed by atoms with Gasteiger partial charge in [-0.1, -0.05) is 0 Å². The first-order chi connectivity index (χ1) is 5.89. The van der Waals surface area contributed by atoms with E-state index in [1.807, 2.05) is 0 Å². The first kappa shape index (κ1) is 12.5. The van der Waals surface area contributed by atoms with E-state index in [-0.39, 0.29) is 0 Å². The Kier molecular flexibility index (Phi) is 5.04. The number of hydrogen-bond donors (Lipinski definition) is 1. The van der Waals surface area contributed by atoms with E-state index in [1.54, 1.807) is 0 Å². The second-order valence-electron chi connectivity index (χ2n) is 3.20. The van der Waals surface area contributed by atoms with E-state index in [4.69, 9.17) is 6.42 Å². The smallest absolute Gasteiger partial charge is 0.152 e. The lowest BCUT2D eigenvalue weighted by atomic mass is 10.1. The fraction of sp³-hybridized carbons (Fsp3) is 0.778. The van der Waals surface area contributed by atoms with Gasteiger partial charge in [0.25, 0.3) is 0 Å². The van der Waals surface area contributed by atoms with Gasteiger partial charge in [0.2, 0.25) is 0 Å². The van der Waals surface area contributed by atoms with Gasteiger partial charge in [0, 0.05) is 12.7 Å². The summed E-state index contributed by atoms with van der Waals surface area (Å²) in [7, 11) is -3.14. The third kappa shape index (κ3) is 4.91. The van der Waals surface area contributed by atoms with Crippen molar-refractivity contribution >= 4 is 9.84 Å². The third-order valence-corrected chi connectivity index (χ3v) is 3.70. The van der Waals surface area contributed by atoms with Crippen molar-refractivity contribution in [2.45, 2.75) is 37.5 Å². The molecule has 0 spiro atoms. The zero-order chi connectivity index (χ0) is 10.5. The number of aliphatic hydroxyl groups is 1. The molecule has 76 valence electrons. The highest BCUT2D eigenvalue weighted by molar-refractivity contribution is 7.91. The van der Waals surface area contributed by atoms with Crippen molar-refractivity contribution < 1.29 is 13.5 Å². The molecule has 0 aliphatic rings. The lowest BCUT2D eigenvalue weighted by molar-refractivity contribution is 0.160. The van der Waals surface area contributed by atoms with Gasteiger partial charge in [-0.3, -0.25) is 0 Å². The lowest BCUT2D eigenvalue weighted by Gasteiger charge is -2.16. The molecule has 0 aromatic heterocycles. The van der Waals surface area contributed by atoms with Crippen molar-refractivity contribution in [3.63, 3.8) is 0 Å². The van der Waals surface area contributed by atoms with Crippen molar-refractivity contribution in [2.75, 3.05) is 6.26 Å². The highest BCUT2D eigenvalue weighted by Crippen LogP contribution is 2.10. The van der Waals surface area contributed by atoms with Crippen LogP contribution in [0.5, 0.6) is 0 Å². The predicted octanol–water partition coefficient (Wildman–Crippen LogP) is 0.584. The maximum absolute atomic E-state index is 11.0. The van der Waals surface area contributed by atoms with Crippen LogP contribution in [-0.4, -0.2) is 31.1 Å².